The van der Waals surface area contributed by atoms with Crippen molar-refractivity contribution in [1.29, 1.82) is 0 Å². The molecule has 0 atom stereocenters. The number of carbonyl (C=O) groups excluding carboxylic acids is 3. The van der Waals surface area contributed by atoms with E-state index in [1.54, 1.807) is 27.7 Å². The first-order valence-corrected chi connectivity index (χ1v) is 6.71. The molecule has 0 radical (unpaired) electrons. The summed E-state index contributed by atoms with van der Waals surface area (Å²) in [6.45, 7) is 8.17. The number of methoxy groups -OCH3 is 1. The van der Waals surface area contributed by atoms with Gasteiger partial charge in [0.25, 0.3) is 0 Å². The number of carbonyl (C=O) groups is 3. The molecule has 0 spiro atoms. The van der Waals surface area contributed by atoms with Crippen LogP contribution in [-0.2, 0) is 23.8 Å². The minimum atomic E-state index is -1.22. The van der Waals surface area contributed by atoms with Gasteiger partial charge in [0.2, 0.25) is 0 Å². The van der Waals surface area contributed by atoms with Gasteiger partial charge in [-0.05, 0) is 27.7 Å². The van der Waals surface area contributed by atoms with Crippen LogP contribution in [0.25, 0.3) is 0 Å². The number of hydrogen-bond donors (Lipinski definition) is 1. The van der Waals surface area contributed by atoms with Gasteiger partial charge in [-0.3, -0.25) is 4.79 Å². The highest BCUT2D eigenvalue weighted by molar-refractivity contribution is 5.87. The van der Waals surface area contributed by atoms with E-state index >= 15 is 0 Å². The first-order valence-electron chi connectivity index (χ1n) is 6.71. The van der Waals surface area contributed by atoms with E-state index in [1.165, 1.54) is 14.0 Å². The van der Waals surface area contributed by atoms with E-state index in [4.69, 9.17) is 14.2 Å². The Hall–Kier alpha value is -1.79. The van der Waals surface area contributed by atoms with Crippen molar-refractivity contribution in [3.8, 4) is 0 Å². The van der Waals surface area contributed by atoms with Crippen LogP contribution in [0.1, 0.15) is 47.5 Å². The average molecular weight is 301 g/mol. The Morgan fingerprint density at radius 3 is 2.05 bits per heavy atom. The van der Waals surface area contributed by atoms with Gasteiger partial charge in [-0.15, -0.1) is 0 Å². The maximum Gasteiger partial charge on any atom is 0.408 e. The van der Waals surface area contributed by atoms with Crippen molar-refractivity contribution in [2.45, 2.75) is 64.2 Å². The summed E-state index contributed by atoms with van der Waals surface area (Å²) >= 11 is 0. The van der Waals surface area contributed by atoms with Crippen LogP contribution in [0, 0.1) is 0 Å². The van der Waals surface area contributed by atoms with Gasteiger partial charge in [0.15, 0.2) is 0 Å². The van der Waals surface area contributed by atoms with Gasteiger partial charge in [0.1, 0.15) is 16.7 Å². The molecule has 0 aromatic carbocycles. The minimum Gasteiger partial charge on any atom is -0.467 e. The standard InChI is InChI=1S/C14H23NO6/c1-9(16)20-13(5)7-14(8-13,10(17)19-6)15-11(18)21-12(2,3)4/h7-8H2,1-6H3,(H,15,18). The van der Waals surface area contributed by atoms with Gasteiger partial charge in [-0.1, -0.05) is 0 Å². The van der Waals surface area contributed by atoms with Crippen molar-refractivity contribution in [3.63, 3.8) is 0 Å². The van der Waals surface area contributed by atoms with Gasteiger partial charge in [0.05, 0.1) is 7.11 Å². The Balaban J connectivity index is 2.79. The summed E-state index contributed by atoms with van der Waals surface area (Å²) in [4.78, 5) is 34.9. The molecule has 0 aromatic rings. The maximum atomic E-state index is 12.0. The molecule has 1 saturated carbocycles. The molecule has 0 saturated heterocycles. The molecule has 0 unspecified atom stereocenters. The summed E-state index contributed by atoms with van der Waals surface area (Å²) in [5.74, 6) is -1.02. The van der Waals surface area contributed by atoms with Crippen molar-refractivity contribution in [2.75, 3.05) is 7.11 Å². The Morgan fingerprint density at radius 1 is 1.14 bits per heavy atom. The second-order valence-corrected chi connectivity index (χ2v) is 6.60. The minimum absolute atomic E-state index is 0.144. The smallest absolute Gasteiger partial charge is 0.408 e. The largest absolute Gasteiger partial charge is 0.467 e. The van der Waals surface area contributed by atoms with E-state index < -0.39 is 34.8 Å². The molecule has 1 amide bonds. The zero-order chi connectivity index (χ0) is 16.5. The molecule has 0 heterocycles. The van der Waals surface area contributed by atoms with Crippen LogP contribution in [0.5, 0.6) is 0 Å². The number of ether oxygens (including phenoxy) is 3. The highest BCUT2D eigenvalue weighted by Crippen LogP contribution is 2.45. The molecular weight excluding hydrogens is 278 g/mol. The van der Waals surface area contributed by atoms with Crippen molar-refractivity contribution in [1.82, 2.24) is 5.32 Å². The van der Waals surface area contributed by atoms with E-state index in [-0.39, 0.29) is 12.8 Å². The number of hydrogen-bond acceptors (Lipinski definition) is 6. The fourth-order valence-corrected chi connectivity index (χ4v) is 2.62. The van der Waals surface area contributed by atoms with E-state index in [0.717, 1.165) is 0 Å². The number of alkyl carbamates (subject to hydrolysis) is 1. The molecule has 120 valence electrons. The van der Waals surface area contributed by atoms with Crippen LogP contribution in [0.2, 0.25) is 0 Å². The number of nitrogens with one attached hydrogen (secondary N) is 1. The molecule has 0 aromatic heterocycles. The third-order valence-corrected chi connectivity index (χ3v) is 3.06. The third-order valence-electron chi connectivity index (χ3n) is 3.06. The van der Waals surface area contributed by atoms with Gasteiger partial charge in [0, 0.05) is 19.8 Å². The van der Waals surface area contributed by atoms with E-state index in [0.29, 0.717) is 0 Å². The summed E-state index contributed by atoms with van der Waals surface area (Å²) in [6, 6.07) is 0. The molecule has 7 nitrogen and oxygen atoms in total. The predicted molar refractivity (Wildman–Crippen MR) is 73.5 cm³/mol. The topological polar surface area (TPSA) is 90.9 Å². The second-order valence-electron chi connectivity index (χ2n) is 6.60. The molecule has 1 N–H and O–H groups in total. The Labute approximate surface area is 124 Å². The van der Waals surface area contributed by atoms with Crippen molar-refractivity contribution in [3.05, 3.63) is 0 Å². The molecule has 21 heavy (non-hydrogen) atoms. The lowest BCUT2D eigenvalue weighted by Gasteiger charge is -2.51. The van der Waals surface area contributed by atoms with Gasteiger partial charge in [-0.25, -0.2) is 9.59 Å². The molecule has 0 bridgehead atoms. The van der Waals surface area contributed by atoms with E-state index in [1.807, 2.05) is 0 Å². The molecule has 1 aliphatic rings. The lowest BCUT2D eigenvalue weighted by molar-refractivity contribution is -0.186. The predicted octanol–water partition coefficient (Wildman–Crippen LogP) is 1.54. The Morgan fingerprint density at radius 2 is 1.67 bits per heavy atom. The van der Waals surface area contributed by atoms with Crippen LogP contribution in [0.15, 0.2) is 0 Å². The zero-order valence-corrected chi connectivity index (χ0v) is 13.4. The van der Waals surface area contributed by atoms with E-state index in [2.05, 4.69) is 5.32 Å². The first-order chi connectivity index (χ1) is 9.41. The molecule has 1 aliphatic carbocycles. The van der Waals surface area contributed by atoms with Gasteiger partial charge < -0.3 is 19.5 Å². The second kappa shape index (κ2) is 5.54. The van der Waals surface area contributed by atoms with Gasteiger partial charge in [-0.2, -0.15) is 0 Å². The quantitative estimate of drug-likeness (QED) is 0.628. The number of rotatable bonds is 3. The maximum absolute atomic E-state index is 12.0. The molecule has 1 rings (SSSR count). The summed E-state index contributed by atoms with van der Waals surface area (Å²) in [5.41, 5.74) is -2.69. The van der Waals surface area contributed by atoms with Crippen LogP contribution < -0.4 is 5.32 Å². The highest BCUT2D eigenvalue weighted by Gasteiger charge is 2.61. The molecular formula is C14H23NO6. The third kappa shape index (κ3) is 4.34. The highest BCUT2D eigenvalue weighted by atomic mass is 16.6. The van der Waals surface area contributed by atoms with E-state index in [9.17, 15) is 14.4 Å². The normalized spacial score (nSPS) is 28.1. The summed E-state index contributed by atoms with van der Waals surface area (Å²) in [5, 5.41) is 2.54. The molecule has 0 aliphatic heterocycles. The monoisotopic (exact) mass is 301 g/mol. The van der Waals surface area contributed by atoms with Crippen LogP contribution >= 0.6 is 0 Å². The Bertz CT molecular complexity index is 445. The lowest BCUT2D eigenvalue weighted by Crippen LogP contribution is -2.70. The van der Waals surface area contributed by atoms with Crippen LogP contribution in [0.3, 0.4) is 0 Å². The first kappa shape index (κ1) is 17.3. The SMILES string of the molecule is COC(=O)C1(NC(=O)OC(C)(C)C)CC(C)(OC(C)=O)C1. The summed E-state index contributed by atoms with van der Waals surface area (Å²) in [6.07, 6.45) is -0.422. The summed E-state index contributed by atoms with van der Waals surface area (Å²) in [7, 11) is 1.24. The zero-order valence-electron chi connectivity index (χ0n) is 13.4. The fraction of sp³-hybridized carbons (Fsp3) is 0.786. The fourth-order valence-electron chi connectivity index (χ4n) is 2.62. The van der Waals surface area contributed by atoms with Crippen molar-refractivity contribution < 1.29 is 28.6 Å². The average Bonchev–Trinajstić information content (AvgIpc) is 2.21. The number of esters is 2. The van der Waals surface area contributed by atoms with Gasteiger partial charge >= 0.3 is 18.0 Å². The molecule has 7 heteroatoms. The number of amides is 1. The Kier molecular flexibility index (Phi) is 4.55. The van der Waals surface area contributed by atoms with Crippen molar-refractivity contribution >= 4 is 18.0 Å². The van der Waals surface area contributed by atoms with Crippen LogP contribution in [-0.4, -0.2) is 41.9 Å². The van der Waals surface area contributed by atoms with Crippen molar-refractivity contribution in [2.24, 2.45) is 0 Å². The summed E-state index contributed by atoms with van der Waals surface area (Å²) < 4.78 is 15.1. The van der Waals surface area contributed by atoms with Crippen LogP contribution in [0.4, 0.5) is 4.79 Å². The molecule has 1 fully saturated rings. The lowest BCUT2D eigenvalue weighted by atomic mass is 9.65.